The third-order valence-electron chi connectivity index (χ3n) is 12.2. The second kappa shape index (κ2) is 21.5. The Labute approximate surface area is 420 Å². The average Bonchev–Trinajstić information content (AvgIpc) is 3.50. The zero-order chi connectivity index (χ0) is 50.6. The number of sulfone groups is 2. The topological polar surface area (TPSA) is 158 Å². The first-order valence-electron chi connectivity index (χ1n) is 22.6. The van der Waals surface area contributed by atoms with Crippen LogP contribution in [0.2, 0.25) is 0 Å². The van der Waals surface area contributed by atoms with E-state index < -0.39 is 70.6 Å². The SMILES string of the molecule is CC(C)(C)OC(=O)C1(S(=O)(=O)c2ccc(-c3ccc(Br)cc3)cc2)CCOCC1.CC(C)(C)OC(=O)C1(S(=O)(=O)c2ccc(B3OC(C)(C)C(C)(C)O3)cc2)CCOCC1.Cc1ccc(Br)cc1. The van der Waals surface area contributed by atoms with Crippen LogP contribution < -0.4 is 5.46 Å². The van der Waals surface area contributed by atoms with Gasteiger partial charge in [0.1, 0.15) is 11.2 Å². The van der Waals surface area contributed by atoms with Gasteiger partial charge in [0, 0.05) is 61.1 Å². The number of carbonyl (C=O) groups is 2. The van der Waals surface area contributed by atoms with Gasteiger partial charge in [0.15, 0.2) is 29.2 Å². The summed E-state index contributed by atoms with van der Waals surface area (Å²) in [5.74, 6) is -1.43. The lowest BCUT2D eigenvalue weighted by atomic mass is 9.79. The Bertz CT molecular complexity index is 2540. The van der Waals surface area contributed by atoms with E-state index in [1.54, 1.807) is 77.9 Å². The van der Waals surface area contributed by atoms with E-state index in [1.807, 2.05) is 64.1 Å². The minimum atomic E-state index is -4.02. The fraction of sp³-hybridized carbons (Fsp3) is 0.490. The average molecular weight is 1100 g/mol. The number of benzene rings is 4. The van der Waals surface area contributed by atoms with Crippen LogP contribution in [0.25, 0.3) is 11.1 Å². The van der Waals surface area contributed by atoms with Crippen LogP contribution in [-0.4, -0.2) is 94.2 Å². The molecule has 0 aromatic heterocycles. The Morgan fingerprint density at radius 2 is 0.838 bits per heavy atom. The van der Waals surface area contributed by atoms with Crippen LogP contribution in [0, 0.1) is 6.92 Å². The van der Waals surface area contributed by atoms with Gasteiger partial charge in [0.2, 0.25) is 0 Å². The lowest BCUT2D eigenvalue weighted by Crippen LogP contribution is -2.53. The fourth-order valence-corrected chi connectivity index (χ4v) is 11.9. The maximum atomic E-state index is 13.7. The molecule has 0 N–H and O–H groups in total. The van der Waals surface area contributed by atoms with Gasteiger partial charge in [-0.25, -0.2) is 16.8 Å². The van der Waals surface area contributed by atoms with E-state index in [9.17, 15) is 26.4 Å². The third-order valence-corrected chi connectivity index (χ3v) is 18.3. The van der Waals surface area contributed by atoms with E-state index in [1.165, 1.54) is 17.7 Å². The van der Waals surface area contributed by atoms with Gasteiger partial charge in [0.05, 0.1) is 21.0 Å². The van der Waals surface area contributed by atoms with Gasteiger partial charge < -0.3 is 28.3 Å². The van der Waals surface area contributed by atoms with Crippen LogP contribution >= 0.6 is 31.9 Å². The summed E-state index contributed by atoms with van der Waals surface area (Å²) in [5.41, 5.74) is 1.34. The lowest BCUT2D eigenvalue weighted by molar-refractivity contribution is -0.161. The molecule has 4 aromatic rings. The summed E-state index contributed by atoms with van der Waals surface area (Å²) in [6, 6.07) is 29.0. The number of ether oxygens (including phenoxy) is 4. The number of carbonyl (C=O) groups excluding carboxylic acids is 2. The van der Waals surface area contributed by atoms with E-state index in [0.29, 0.717) is 0 Å². The molecule has 3 fully saturated rings. The normalized spacial score (nSPS) is 18.8. The molecule has 0 spiro atoms. The number of hydrogen-bond acceptors (Lipinski definition) is 12. The van der Waals surface area contributed by atoms with Crippen LogP contribution in [0.3, 0.4) is 0 Å². The summed E-state index contributed by atoms with van der Waals surface area (Å²) in [7, 11) is -8.57. The van der Waals surface area contributed by atoms with Crippen molar-refractivity contribution in [1.29, 1.82) is 0 Å². The smallest absolute Gasteiger partial charge is 0.459 e. The number of aryl methyl sites for hydroxylation is 1. The van der Waals surface area contributed by atoms with E-state index in [-0.39, 0.29) is 61.9 Å². The molecule has 0 aliphatic carbocycles. The van der Waals surface area contributed by atoms with Gasteiger partial charge in [-0.3, -0.25) is 9.59 Å². The summed E-state index contributed by atoms with van der Waals surface area (Å²) in [5, 5.41) is 0. The molecule has 0 bridgehead atoms. The minimum absolute atomic E-state index is 0.0588. The lowest BCUT2D eigenvalue weighted by Gasteiger charge is -2.36. The fourth-order valence-electron chi connectivity index (χ4n) is 7.55. The molecule has 3 aliphatic heterocycles. The third kappa shape index (κ3) is 12.9. The van der Waals surface area contributed by atoms with Crippen LogP contribution in [0.4, 0.5) is 0 Å². The predicted molar refractivity (Wildman–Crippen MR) is 272 cm³/mol. The minimum Gasteiger partial charge on any atom is -0.459 e. The van der Waals surface area contributed by atoms with E-state index in [2.05, 4.69) is 50.9 Å². The van der Waals surface area contributed by atoms with Crippen LogP contribution in [-0.2, 0) is 57.5 Å². The Kier molecular flexibility index (Phi) is 17.6. The summed E-state index contributed by atoms with van der Waals surface area (Å²) in [6.07, 6.45) is 0.282. The molecule has 68 heavy (non-hydrogen) atoms. The summed E-state index contributed by atoms with van der Waals surface area (Å²) in [4.78, 5) is 26.3. The molecular weight excluding hydrogens is 1040 g/mol. The van der Waals surface area contributed by atoms with Crippen molar-refractivity contribution in [3.05, 3.63) is 112 Å². The Morgan fingerprint density at radius 3 is 1.16 bits per heavy atom. The van der Waals surface area contributed by atoms with Gasteiger partial charge in [-0.1, -0.05) is 86.0 Å². The molecular formula is C51H65BBr2O12S2. The van der Waals surface area contributed by atoms with Crippen molar-refractivity contribution < 1.29 is 54.7 Å². The van der Waals surface area contributed by atoms with E-state index >= 15 is 0 Å². The number of esters is 2. The first-order valence-corrected chi connectivity index (χ1v) is 27.2. The molecule has 0 radical (unpaired) electrons. The van der Waals surface area contributed by atoms with Crippen molar-refractivity contribution in [2.45, 2.75) is 144 Å². The molecule has 3 heterocycles. The quantitative estimate of drug-likeness (QED) is 0.122. The highest BCUT2D eigenvalue weighted by Crippen LogP contribution is 2.40. The van der Waals surface area contributed by atoms with Crippen molar-refractivity contribution in [3.63, 3.8) is 0 Å². The predicted octanol–water partition coefficient (Wildman–Crippen LogP) is 10.2. The van der Waals surface area contributed by atoms with Gasteiger partial charge in [-0.2, -0.15) is 0 Å². The highest BCUT2D eigenvalue weighted by molar-refractivity contribution is 9.10. The monoisotopic (exact) mass is 1100 g/mol. The second-order valence-electron chi connectivity index (χ2n) is 20.2. The maximum Gasteiger partial charge on any atom is 0.494 e. The highest BCUT2D eigenvalue weighted by Gasteiger charge is 2.56. The van der Waals surface area contributed by atoms with Crippen LogP contribution in [0.15, 0.2) is 116 Å². The standard InChI is InChI=1S/C22H33BO7S.C22H25BrO5S.C7H7Br/c1-19(2,3)28-18(24)22(12-14-27-15-13-22)31(25,26)17-10-8-16(9-11-17)23-29-20(4,5)21(6,7)30-23;1-21(2,3)28-20(24)22(12-14-27-15-13-22)29(25,26)19-10-6-17(7-11-19)16-4-8-18(23)9-5-16;1-6-2-4-7(8)5-3-6/h8-11H,12-15H2,1-7H3;4-11H,12-15H2,1-3H3;2-5H,1H3. The number of halogens is 2. The Hall–Kier alpha value is -3.42. The van der Waals surface area contributed by atoms with Crippen LogP contribution in [0.5, 0.6) is 0 Å². The molecule has 17 heteroatoms. The molecule has 12 nitrogen and oxygen atoms in total. The largest absolute Gasteiger partial charge is 0.494 e. The van der Waals surface area contributed by atoms with Crippen molar-refractivity contribution in [1.82, 2.24) is 0 Å². The van der Waals surface area contributed by atoms with E-state index in [4.69, 9.17) is 28.3 Å². The van der Waals surface area contributed by atoms with Gasteiger partial charge in [-0.05, 0) is 141 Å². The van der Waals surface area contributed by atoms with Gasteiger partial charge in [-0.15, -0.1) is 0 Å². The molecule has 370 valence electrons. The molecule has 0 unspecified atom stereocenters. The first kappa shape index (κ1) is 55.5. The number of rotatable bonds is 8. The zero-order valence-electron chi connectivity index (χ0n) is 40.9. The maximum absolute atomic E-state index is 13.7. The highest BCUT2D eigenvalue weighted by atomic mass is 79.9. The van der Waals surface area contributed by atoms with Crippen molar-refractivity contribution in [2.24, 2.45) is 0 Å². The molecule has 0 amide bonds. The Morgan fingerprint density at radius 1 is 0.529 bits per heavy atom. The van der Waals surface area contributed by atoms with Crippen molar-refractivity contribution in [3.8, 4) is 11.1 Å². The summed E-state index contributed by atoms with van der Waals surface area (Å²) >= 11 is 6.75. The van der Waals surface area contributed by atoms with Gasteiger partial charge in [0.25, 0.3) is 0 Å². The number of hydrogen-bond donors (Lipinski definition) is 0. The first-order chi connectivity index (χ1) is 31.5. The van der Waals surface area contributed by atoms with Gasteiger partial charge >= 0.3 is 19.1 Å². The Balaban J connectivity index is 0.000000218. The van der Waals surface area contributed by atoms with E-state index in [0.717, 1.165) is 25.5 Å². The molecule has 3 aliphatic rings. The molecule has 0 saturated carbocycles. The van der Waals surface area contributed by atoms with Crippen LogP contribution in [0.1, 0.15) is 100 Å². The molecule has 0 atom stereocenters. The molecule has 7 rings (SSSR count). The van der Waals surface area contributed by atoms with Crippen molar-refractivity contribution >= 4 is 76.1 Å². The molecule has 3 saturated heterocycles. The summed E-state index contributed by atoms with van der Waals surface area (Å²) < 4.78 is 87.1. The second-order valence-corrected chi connectivity index (χ2v) is 26.6. The van der Waals surface area contributed by atoms with Crippen molar-refractivity contribution in [2.75, 3.05) is 26.4 Å². The zero-order valence-corrected chi connectivity index (χ0v) is 45.7. The summed E-state index contributed by atoms with van der Waals surface area (Å²) in [6.45, 7) is 21.1. The molecule has 4 aromatic carbocycles.